The van der Waals surface area contributed by atoms with Crippen molar-refractivity contribution in [2.24, 2.45) is 11.8 Å². The smallest absolute Gasteiger partial charge is 0.310 e. The molecule has 19 heavy (non-hydrogen) atoms. The van der Waals surface area contributed by atoms with Gasteiger partial charge in [-0.05, 0) is 24.1 Å². The number of esters is 1. The molecule has 1 aliphatic heterocycles. The zero-order chi connectivity index (χ0) is 13.6. The van der Waals surface area contributed by atoms with Gasteiger partial charge in [0.25, 0.3) is 0 Å². The second kappa shape index (κ2) is 4.26. The van der Waals surface area contributed by atoms with E-state index in [9.17, 15) is 9.59 Å². The summed E-state index contributed by atoms with van der Waals surface area (Å²) >= 11 is 0. The van der Waals surface area contributed by atoms with Crippen molar-refractivity contribution in [3.8, 4) is 11.5 Å². The maximum Gasteiger partial charge on any atom is 0.310 e. The Morgan fingerprint density at radius 1 is 1.11 bits per heavy atom. The largest absolute Gasteiger partial charge is 0.493 e. The SMILES string of the molecule is COc1cc2c(cc1OC)C(=O)[C@@H]1COC(=O)[C@@H]1C2. The molecule has 1 aromatic rings. The Balaban J connectivity index is 2.09. The Morgan fingerprint density at radius 3 is 2.47 bits per heavy atom. The van der Waals surface area contributed by atoms with Crippen LogP contribution in [0, 0.1) is 11.8 Å². The van der Waals surface area contributed by atoms with Crippen LogP contribution in [0.25, 0.3) is 0 Å². The Bertz CT molecular complexity index is 563. The Morgan fingerprint density at radius 2 is 1.79 bits per heavy atom. The minimum atomic E-state index is -0.349. The third kappa shape index (κ3) is 1.69. The van der Waals surface area contributed by atoms with Crippen LogP contribution in [0.5, 0.6) is 11.5 Å². The van der Waals surface area contributed by atoms with E-state index >= 15 is 0 Å². The van der Waals surface area contributed by atoms with Crippen molar-refractivity contribution in [3.63, 3.8) is 0 Å². The second-order valence-corrected chi connectivity index (χ2v) is 4.78. The number of hydrogen-bond donors (Lipinski definition) is 0. The molecule has 0 radical (unpaired) electrons. The van der Waals surface area contributed by atoms with Crippen LogP contribution in [0.4, 0.5) is 0 Å². The van der Waals surface area contributed by atoms with E-state index in [0.29, 0.717) is 23.5 Å². The minimum absolute atomic E-state index is 0.0435. The van der Waals surface area contributed by atoms with Gasteiger partial charge in [-0.1, -0.05) is 0 Å². The van der Waals surface area contributed by atoms with E-state index in [-0.39, 0.29) is 30.2 Å². The number of hydrogen-bond acceptors (Lipinski definition) is 5. The first-order chi connectivity index (χ1) is 9.15. The topological polar surface area (TPSA) is 61.8 Å². The van der Waals surface area contributed by atoms with E-state index < -0.39 is 0 Å². The number of benzene rings is 1. The van der Waals surface area contributed by atoms with E-state index in [1.165, 1.54) is 7.11 Å². The lowest BCUT2D eigenvalue weighted by atomic mass is 9.76. The molecule has 1 heterocycles. The molecule has 2 aliphatic rings. The molecule has 3 rings (SSSR count). The average molecular weight is 262 g/mol. The van der Waals surface area contributed by atoms with Crippen LogP contribution in [0.1, 0.15) is 15.9 Å². The van der Waals surface area contributed by atoms with Gasteiger partial charge in [-0.3, -0.25) is 9.59 Å². The van der Waals surface area contributed by atoms with E-state index in [0.717, 1.165) is 5.56 Å². The van der Waals surface area contributed by atoms with E-state index in [2.05, 4.69) is 0 Å². The lowest BCUT2D eigenvalue weighted by molar-refractivity contribution is -0.141. The van der Waals surface area contributed by atoms with Crippen molar-refractivity contribution in [2.75, 3.05) is 20.8 Å². The molecule has 1 aromatic carbocycles. The Labute approximate surface area is 110 Å². The zero-order valence-corrected chi connectivity index (χ0v) is 10.8. The predicted octanol–water partition coefficient (Wildman–Crippen LogP) is 1.23. The van der Waals surface area contributed by atoms with Crippen LogP contribution in [0.15, 0.2) is 12.1 Å². The van der Waals surface area contributed by atoms with Crippen LogP contribution >= 0.6 is 0 Å². The first-order valence-corrected chi connectivity index (χ1v) is 6.11. The Hall–Kier alpha value is -2.04. The molecule has 0 saturated carbocycles. The fourth-order valence-electron chi connectivity index (χ4n) is 2.80. The van der Waals surface area contributed by atoms with E-state index in [4.69, 9.17) is 14.2 Å². The number of carbonyl (C=O) groups excluding carboxylic acids is 2. The summed E-state index contributed by atoms with van der Waals surface area (Å²) in [5.74, 6) is 0.0743. The number of rotatable bonds is 2. The van der Waals surface area contributed by atoms with Gasteiger partial charge in [0.2, 0.25) is 0 Å². The maximum atomic E-state index is 12.4. The van der Waals surface area contributed by atoms with Crippen LogP contribution in [-0.4, -0.2) is 32.6 Å². The van der Waals surface area contributed by atoms with Crippen molar-refractivity contribution in [1.29, 1.82) is 0 Å². The summed E-state index contributed by atoms with van der Waals surface area (Å²) in [6.07, 6.45) is 0.519. The molecule has 0 amide bonds. The monoisotopic (exact) mass is 262 g/mol. The molecule has 1 aliphatic carbocycles. The summed E-state index contributed by atoms with van der Waals surface area (Å²) in [7, 11) is 3.07. The van der Waals surface area contributed by atoms with Crippen molar-refractivity contribution in [3.05, 3.63) is 23.3 Å². The first kappa shape index (κ1) is 12.0. The number of cyclic esters (lactones) is 1. The lowest BCUT2D eigenvalue weighted by Gasteiger charge is -2.24. The van der Waals surface area contributed by atoms with Gasteiger partial charge in [-0.25, -0.2) is 0 Å². The average Bonchev–Trinajstić information content (AvgIpc) is 2.79. The standard InChI is InChI=1S/C14H14O5/c1-17-11-4-7-3-9-10(6-19-14(9)16)13(15)8(7)5-12(11)18-2/h4-5,9-10H,3,6H2,1-2H3/t9-,10-/m1/s1. The molecule has 2 atom stereocenters. The minimum Gasteiger partial charge on any atom is -0.493 e. The molecule has 0 aromatic heterocycles. The van der Waals surface area contributed by atoms with Gasteiger partial charge in [-0.15, -0.1) is 0 Å². The molecule has 1 saturated heterocycles. The summed E-state index contributed by atoms with van der Waals surface area (Å²) in [6.45, 7) is 0.191. The predicted molar refractivity (Wildman–Crippen MR) is 65.5 cm³/mol. The van der Waals surface area contributed by atoms with Crippen molar-refractivity contribution in [2.45, 2.75) is 6.42 Å². The molecule has 5 nitrogen and oxygen atoms in total. The maximum absolute atomic E-state index is 12.4. The van der Waals surface area contributed by atoms with Gasteiger partial charge in [-0.2, -0.15) is 0 Å². The van der Waals surface area contributed by atoms with Crippen LogP contribution < -0.4 is 9.47 Å². The van der Waals surface area contributed by atoms with Crippen molar-refractivity contribution >= 4 is 11.8 Å². The molecule has 0 bridgehead atoms. The quantitative estimate of drug-likeness (QED) is 0.750. The highest BCUT2D eigenvalue weighted by molar-refractivity contribution is 6.04. The summed E-state index contributed by atoms with van der Waals surface area (Å²) in [6, 6.07) is 3.46. The molecule has 5 heteroatoms. The van der Waals surface area contributed by atoms with Crippen molar-refractivity contribution in [1.82, 2.24) is 0 Å². The molecule has 0 spiro atoms. The first-order valence-electron chi connectivity index (χ1n) is 6.11. The number of methoxy groups -OCH3 is 2. The van der Waals surface area contributed by atoms with Gasteiger partial charge in [0.05, 0.1) is 26.1 Å². The summed E-state index contributed by atoms with van der Waals surface area (Å²) in [5.41, 5.74) is 1.43. The van der Waals surface area contributed by atoms with Crippen LogP contribution in [-0.2, 0) is 16.0 Å². The number of ketones is 1. The highest BCUT2D eigenvalue weighted by Gasteiger charge is 2.45. The summed E-state index contributed by atoms with van der Waals surface area (Å²) in [4.78, 5) is 24.0. The fourth-order valence-corrected chi connectivity index (χ4v) is 2.80. The summed E-state index contributed by atoms with van der Waals surface area (Å²) in [5, 5.41) is 0. The van der Waals surface area contributed by atoms with Gasteiger partial charge in [0, 0.05) is 5.56 Å². The van der Waals surface area contributed by atoms with E-state index in [1.54, 1.807) is 19.2 Å². The molecule has 0 unspecified atom stereocenters. The van der Waals surface area contributed by atoms with Crippen LogP contribution in [0.2, 0.25) is 0 Å². The van der Waals surface area contributed by atoms with Gasteiger partial charge < -0.3 is 14.2 Å². The number of carbonyl (C=O) groups is 2. The normalized spacial score (nSPS) is 24.5. The van der Waals surface area contributed by atoms with Crippen LogP contribution in [0.3, 0.4) is 0 Å². The van der Waals surface area contributed by atoms with Crippen molar-refractivity contribution < 1.29 is 23.8 Å². The number of ether oxygens (including phenoxy) is 3. The number of Topliss-reactive ketones (excluding diaryl/α,β-unsaturated/α-hetero) is 1. The molecular formula is C14H14O5. The third-order valence-corrected chi connectivity index (χ3v) is 3.85. The van der Waals surface area contributed by atoms with Gasteiger partial charge in [0.15, 0.2) is 17.3 Å². The lowest BCUT2D eigenvalue weighted by Crippen LogP contribution is -2.31. The van der Waals surface area contributed by atoms with Gasteiger partial charge in [0.1, 0.15) is 6.61 Å². The zero-order valence-electron chi connectivity index (χ0n) is 10.8. The van der Waals surface area contributed by atoms with E-state index in [1.807, 2.05) is 0 Å². The second-order valence-electron chi connectivity index (χ2n) is 4.78. The highest BCUT2D eigenvalue weighted by Crippen LogP contribution is 2.40. The molecule has 1 fully saturated rings. The summed E-state index contributed by atoms with van der Waals surface area (Å²) < 4.78 is 15.4. The molecule has 100 valence electrons. The number of fused-ring (bicyclic) bond motifs is 2. The highest BCUT2D eigenvalue weighted by atomic mass is 16.5. The molecular weight excluding hydrogens is 248 g/mol. The molecule has 0 N–H and O–H groups in total. The Kier molecular flexibility index (Phi) is 2.69. The third-order valence-electron chi connectivity index (χ3n) is 3.85. The van der Waals surface area contributed by atoms with Gasteiger partial charge >= 0.3 is 5.97 Å². The fraction of sp³-hybridized carbons (Fsp3) is 0.429.